The van der Waals surface area contributed by atoms with Gasteiger partial charge in [-0.1, -0.05) is 27.7 Å². The van der Waals surface area contributed by atoms with Crippen LogP contribution in [0.2, 0.25) is 0 Å². The van der Waals surface area contributed by atoms with Gasteiger partial charge in [0.15, 0.2) is 0 Å². The van der Waals surface area contributed by atoms with Gasteiger partial charge in [0.2, 0.25) is 0 Å². The maximum atomic E-state index is 5.28. The molecule has 1 nitrogen and oxygen atoms in total. The molecule has 1 rings (SSSR count). The summed E-state index contributed by atoms with van der Waals surface area (Å²) in [5.74, 6) is 1.82. The molecule has 1 heteroatoms. The fourth-order valence-electron chi connectivity index (χ4n) is 1.65. The monoisotopic (exact) mass is 172 g/mol. The lowest BCUT2D eigenvalue weighted by atomic mass is 9.91. The fourth-order valence-corrected chi connectivity index (χ4v) is 1.65. The highest BCUT2D eigenvalue weighted by molar-refractivity contribution is 4.64. The first kappa shape index (κ1) is 12.0. The smallest absolute Gasteiger partial charge is 0.0468 e. The minimum absolute atomic E-state index is 0.864. The molecule has 0 saturated carbocycles. The Hall–Kier alpha value is -0.0400. The van der Waals surface area contributed by atoms with Crippen LogP contribution in [0.25, 0.3) is 0 Å². The Morgan fingerprint density at radius 1 is 1.17 bits per heavy atom. The van der Waals surface area contributed by atoms with E-state index in [9.17, 15) is 0 Å². The molecule has 0 atom stereocenters. The predicted molar refractivity (Wildman–Crippen MR) is 54.3 cm³/mol. The van der Waals surface area contributed by atoms with Gasteiger partial charge in [-0.3, -0.25) is 0 Å². The van der Waals surface area contributed by atoms with E-state index in [1.54, 1.807) is 0 Å². The molecular weight excluding hydrogens is 148 g/mol. The highest BCUT2D eigenvalue weighted by Gasteiger charge is 2.14. The van der Waals surface area contributed by atoms with E-state index < -0.39 is 0 Å². The third-order valence-corrected chi connectivity index (χ3v) is 2.15. The molecular formula is C11H24O. The molecule has 0 radical (unpaired) electrons. The van der Waals surface area contributed by atoms with E-state index in [1.165, 1.54) is 19.3 Å². The van der Waals surface area contributed by atoms with Crippen molar-refractivity contribution in [1.29, 1.82) is 0 Å². The van der Waals surface area contributed by atoms with Gasteiger partial charge >= 0.3 is 0 Å². The average Bonchev–Trinajstić information content (AvgIpc) is 2.08. The molecule has 0 unspecified atom stereocenters. The van der Waals surface area contributed by atoms with Gasteiger partial charge < -0.3 is 4.74 Å². The maximum absolute atomic E-state index is 5.28. The molecule has 1 saturated heterocycles. The van der Waals surface area contributed by atoms with Crippen molar-refractivity contribution in [2.75, 3.05) is 13.2 Å². The first-order chi connectivity index (χ1) is 5.79. The van der Waals surface area contributed by atoms with Crippen molar-refractivity contribution in [2.45, 2.75) is 47.0 Å². The van der Waals surface area contributed by atoms with E-state index in [0.717, 1.165) is 25.0 Å². The second-order valence-electron chi connectivity index (χ2n) is 3.69. The third kappa shape index (κ3) is 5.59. The number of ether oxygens (including phenoxy) is 1. The second-order valence-corrected chi connectivity index (χ2v) is 3.69. The Labute approximate surface area is 77.5 Å². The molecule has 0 amide bonds. The van der Waals surface area contributed by atoms with E-state index in [1.807, 2.05) is 13.8 Å². The van der Waals surface area contributed by atoms with Gasteiger partial charge in [-0.05, 0) is 31.1 Å². The molecule has 0 aromatic carbocycles. The summed E-state index contributed by atoms with van der Waals surface area (Å²) in [6.45, 7) is 10.6. The molecule has 0 N–H and O–H groups in total. The van der Waals surface area contributed by atoms with Crippen LogP contribution in [0.15, 0.2) is 0 Å². The first-order valence-electron chi connectivity index (χ1n) is 5.37. The number of rotatable bonds is 2. The van der Waals surface area contributed by atoms with Crippen molar-refractivity contribution in [3.05, 3.63) is 0 Å². The van der Waals surface area contributed by atoms with Gasteiger partial charge in [-0.25, -0.2) is 0 Å². The molecule has 1 aliphatic heterocycles. The van der Waals surface area contributed by atoms with Gasteiger partial charge in [-0.15, -0.1) is 0 Å². The van der Waals surface area contributed by atoms with Crippen LogP contribution in [-0.4, -0.2) is 13.2 Å². The van der Waals surface area contributed by atoms with E-state index in [0.29, 0.717) is 0 Å². The van der Waals surface area contributed by atoms with Crippen molar-refractivity contribution < 1.29 is 4.74 Å². The first-order valence-corrected chi connectivity index (χ1v) is 5.37. The maximum Gasteiger partial charge on any atom is 0.0468 e. The Morgan fingerprint density at radius 3 is 2.08 bits per heavy atom. The lowest BCUT2D eigenvalue weighted by molar-refractivity contribution is 0.0602. The Bertz CT molecular complexity index is 83.0. The van der Waals surface area contributed by atoms with Gasteiger partial charge in [0, 0.05) is 13.2 Å². The zero-order valence-corrected chi connectivity index (χ0v) is 9.10. The van der Waals surface area contributed by atoms with Crippen LogP contribution in [0.3, 0.4) is 0 Å². The van der Waals surface area contributed by atoms with Crippen LogP contribution < -0.4 is 0 Å². The van der Waals surface area contributed by atoms with Crippen molar-refractivity contribution in [3.63, 3.8) is 0 Å². The van der Waals surface area contributed by atoms with Gasteiger partial charge in [0.1, 0.15) is 0 Å². The van der Waals surface area contributed by atoms with E-state index in [-0.39, 0.29) is 0 Å². The summed E-state index contributed by atoms with van der Waals surface area (Å²) in [5, 5.41) is 0. The van der Waals surface area contributed by atoms with Crippen LogP contribution in [0, 0.1) is 11.8 Å². The average molecular weight is 172 g/mol. The molecule has 74 valence electrons. The zero-order valence-electron chi connectivity index (χ0n) is 9.10. The quantitative estimate of drug-likeness (QED) is 0.619. The van der Waals surface area contributed by atoms with E-state index in [2.05, 4.69) is 13.8 Å². The topological polar surface area (TPSA) is 9.23 Å². The molecule has 0 aromatic heterocycles. The SMILES string of the molecule is CC.CC(C)CC1CCOCC1. The van der Waals surface area contributed by atoms with Gasteiger partial charge in [0.05, 0.1) is 0 Å². The Kier molecular flexibility index (Phi) is 7.58. The predicted octanol–water partition coefficient (Wildman–Crippen LogP) is 3.49. The highest BCUT2D eigenvalue weighted by atomic mass is 16.5. The Morgan fingerprint density at radius 2 is 1.67 bits per heavy atom. The molecule has 1 heterocycles. The molecule has 0 bridgehead atoms. The van der Waals surface area contributed by atoms with Crippen molar-refractivity contribution >= 4 is 0 Å². The number of hydrogen-bond acceptors (Lipinski definition) is 1. The second kappa shape index (κ2) is 7.60. The summed E-state index contributed by atoms with van der Waals surface area (Å²) >= 11 is 0. The van der Waals surface area contributed by atoms with Crippen LogP contribution in [-0.2, 0) is 4.74 Å². The van der Waals surface area contributed by atoms with Gasteiger partial charge in [0.25, 0.3) is 0 Å². The summed E-state index contributed by atoms with van der Waals surface area (Å²) < 4.78 is 5.28. The summed E-state index contributed by atoms with van der Waals surface area (Å²) in [5.41, 5.74) is 0. The molecule has 12 heavy (non-hydrogen) atoms. The van der Waals surface area contributed by atoms with Crippen LogP contribution >= 0.6 is 0 Å². The lowest BCUT2D eigenvalue weighted by Gasteiger charge is -2.23. The largest absolute Gasteiger partial charge is 0.381 e. The van der Waals surface area contributed by atoms with Crippen LogP contribution in [0.5, 0.6) is 0 Å². The lowest BCUT2D eigenvalue weighted by Crippen LogP contribution is -2.16. The Balaban J connectivity index is 0.000000561. The minimum atomic E-state index is 0.864. The highest BCUT2D eigenvalue weighted by Crippen LogP contribution is 2.21. The van der Waals surface area contributed by atoms with Crippen LogP contribution in [0.1, 0.15) is 47.0 Å². The summed E-state index contributed by atoms with van der Waals surface area (Å²) in [7, 11) is 0. The van der Waals surface area contributed by atoms with E-state index in [4.69, 9.17) is 4.74 Å². The fraction of sp³-hybridized carbons (Fsp3) is 1.00. The van der Waals surface area contributed by atoms with E-state index >= 15 is 0 Å². The molecule has 0 spiro atoms. The third-order valence-electron chi connectivity index (χ3n) is 2.15. The summed E-state index contributed by atoms with van der Waals surface area (Å²) in [4.78, 5) is 0. The van der Waals surface area contributed by atoms with Crippen molar-refractivity contribution in [1.82, 2.24) is 0 Å². The summed E-state index contributed by atoms with van der Waals surface area (Å²) in [6, 6.07) is 0. The minimum Gasteiger partial charge on any atom is -0.381 e. The molecule has 0 aliphatic carbocycles. The molecule has 1 aliphatic rings. The molecule has 0 aromatic rings. The van der Waals surface area contributed by atoms with Gasteiger partial charge in [-0.2, -0.15) is 0 Å². The standard InChI is InChI=1S/C9H18O.C2H6/c1-8(2)7-9-3-5-10-6-4-9;1-2/h8-9H,3-7H2,1-2H3;1-2H3. The molecule has 1 fully saturated rings. The van der Waals surface area contributed by atoms with Crippen LogP contribution in [0.4, 0.5) is 0 Å². The number of hydrogen-bond donors (Lipinski definition) is 0. The van der Waals surface area contributed by atoms with Crippen molar-refractivity contribution in [3.8, 4) is 0 Å². The van der Waals surface area contributed by atoms with Crippen molar-refractivity contribution in [2.24, 2.45) is 11.8 Å². The normalized spacial score (nSPS) is 18.8. The zero-order chi connectivity index (χ0) is 9.40. The summed E-state index contributed by atoms with van der Waals surface area (Å²) in [6.07, 6.45) is 3.97.